The fraction of sp³-hybridized carbons (Fsp3) is 0.240. The molecule has 0 spiro atoms. The molecule has 3 nitrogen and oxygen atoms in total. The molecule has 1 aliphatic rings. The molecule has 0 aliphatic carbocycles. The Morgan fingerprint density at radius 2 is 1.36 bits per heavy atom. The van der Waals surface area contributed by atoms with Crippen molar-refractivity contribution in [2.24, 2.45) is 0 Å². The number of benzene rings is 3. The van der Waals surface area contributed by atoms with Crippen LogP contribution < -0.4 is 14.8 Å². The first-order chi connectivity index (χ1) is 13.9. The molecule has 0 atom stereocenters. The Kier molecular flexibility index (Phi) is 4.46. The largest absolute Gasteiger partial charge is 0.369 e. The van der Waals surface area contributed by atoms with Crippen molar-refractivity contribution in [3.05, 3.63) is 72.8 Å². The highest BCUT2D eigenvalue weighted by molar-refractivity contribution is 6.07. The Morgan fingerprint density at radius 3 is 1.93 bits per heavy atom. The van der Waals surface area contributed by atoms with Crippen LogP contribution in [0.5, 0.6) is 0 Å². The maximum atomic E-state index is 3.43. The second-order valence-corrected chi connectivity index (χ2v) is 7.44. The third-order valence-electron chi connectivity index (χ3n) is 5.88. The van der Waals surface area contributed by atoms with Crippen molar-refractivity contribution >= 4 is 27.5 Å². The molecule has 140 valence electrons. The number of para-hydroxylation sites is 2. The third-order valence-corrected chi connectivity index (χ3v) is 5.88. The van der Waals surface area contributed by atoms with Gasteiger partial charge in [-0.2, -0.15) is 4.57 Å². The van der Waals surface area contributed by atoms with Gasteiger partial charge in [-0.05, 0) is 36.8 Å². The van der Waals surface area contributed by atoms with Crippen molar-refractivity contribution in [1.29, 1.82) is 0 Å². The molecular weight excluding hydrogens is 342 g/mol. The van der Waals surface area contributed by atoms with Crippen molar-refractivity contribution in [1.82, 2.24) is 5.32 Å². The number of piperazine rings is 1. The highest BCUT2D eigenvalue weighted by Gasteiger charge is 2.20. The summed E-state index contributed by atoms with van der Waals surface area (Å²) in [6.07, 6.45) is 0. The van der Waals surface area contributed by atoms with Crippen LogP contribution >= 0.6 is 0 Å². The summed E-state index contributed by atoms with van der Waals surface area (Å²) in [5, 5.41) is 6.06. The summed E-state index contributed by atoms with van der Waals surface area (Å²) in [5.41, 5.74) is 6.53. The van der Waals surface area contributed by atoms with Crippen LogP contribution in [-0.4, -0.2) is 26.2 Å². The lowest BCUT2D eigenvalue weighted by Gasteiger charge is -2.29. The molecule has 1 aromatic heterocycles. The first-order valence-electron chi connectivity index (χ1n) is 10.3. The number of nitrogens with zero attached hydrogens (tertiary/aromatic N) is 2. The molecule has 0 saturated carbocycles. The Labute approximate surface area is 166 Å². The molecule has 1 fully saturated rings. The molecule has 0 amide bonds. The molecule has 3 aromatic carbocycles. The quantitative estimate of drug-likeness (QED) is 0.428. The predicted octanol–water partition coefficient (Wildman–Crippen LogP) is 4.38. The number of hydrogen-bond donors (Lipinski definition) is 1. The highest BCUT2D eigenvalue weighted by Crippen LogP contribution is 2.34. The van der Waals surface area contributed by atoms with Gasteiger partial charge in [-0.15, -0.1) is 0 Å². The van der Waals surface area contributed by atoms with E-state index in [-0.39, 0.29) is 0 Å². The van der Waals surface area contributed by atoms with Crippen LogP contribution in [-0.2, 0) is 6.54 Å². The standard InChI is InChI=1S/C25H26N3/c1-2-28-23-9-5-3-7-21(23)25(22-8-4-6-10-24(22)28)19-11-13-20(14-12-19)27-17-15-26-16-18-27/h3-14,26H,2,15-18H2,1H3/q+1. The third kappa shape index (κ3) is 2.83. The lowest BCUT2D eigenvalue weighted by atomic mass is 9.95. The van der Waals surface area contributed by atoms with Crippen molar-refractivity contribution in [3.8, 4) is 11.1 Å². The molecule has 1 saturated heterocycles. The van der Waals surface area contributed by atoms with E-state index in [1.165, 1.54) is 38.6 Å². The van der Waals surface area contributed by atoms with Gasteiger partial charge in [-0.1, -0.05) is 36.4 Å². The Hall–Kier alpha value is -2.91. The van der Waals surface area contributed by atoms with E-state index < -0.39 is 0 Å². The Bertz CT molecular complexity index is 1070. The SMILES string of the molecule is CC[n+]1c2ccccc2c(-c2ccc(N3CCNCC3)cc2)c2ccccc21. The van der Waals surface area contributed by atoms with E-state index in [2.05, 4.69) is 94.5 Å². The number of fused-ring (bicyclic) bond motifs is 2. The van der Waals surface area contributed by atoms with Crippen LogP contribution in [0.1, 0.15) is 6.92 Å². The number of pyridine rings is 1. The van der Waals surface area contributed by atoms with Gasteiger partial charge in [0.1, 0.15) is 6.54 Å². The zero-order valence-corrected chi connectivity index (χ0v) is 16.4. The minimum Gasteiger partial charge on any atom is -0.369 e. The van der Waals surface area contributed by atoms with Crippen LogP contribution in [0.15, 0.2) is 72.8 Å². The Balaban J connectivity index is 1.71. The van der Waals surface area contributed by atoms with E-state index in [0.29, 0.717) is 0 Å². The first kappa shape index (κ1) is 17.2. The zero-order chi connectivity index (χ0) is 18.9. The number of hydrogen-bond acceptors (Lipinski definition) is 2. The van der Waals surface area contributed by atoms with Gasteiger partial charge in [0, 0.05) is 49.6 Å². The van der Waals surface area contributed by atoms with Gasteiger partial charge in [0.25, 0.3) is 0 Å². The van der Waals surface area contributed by atoms with Crippen molar-refractivity contribution in [2.75, 3.05) is 31.1 Å². The van der Waals surface area contributed by atoms with E-state index in [0.717, 1.165) is 32.7 Å². The highest BCUT2D eigenvalue weighted by atomic mass is 15.2. The van der Waals surface area contributed by atoms with E-state index in [1.54, 1.807) is 0 Å². The molecule has 5 rings (SSSR count). The molecular formula is C25H26N3+. The van der Waals surface area contributed by atoms with E-state index in [1.807, 2.05) is 0 Å². The van der Waals surface area contributed by atoms with Gasteiger partial charge in [0.15, 0.2) is 0 Å². The Morgan fingerprint density at radius 1 is 0.786 bits per heavy atom. The summed E-state index contributed by atoms with van der Waals surface area (Å²) in [4.78, 5) is 2.46. The van der Waals surface area contributed by atoms with Gasteiger partial charge in [0.05, 0.1) is 10.8 Å². The van der Waals surface area contributed by atoms with Gasteiger partial charge < -0.3 is 10.2 Å². The second-order valence-electron chi connectivity index (χ2n) is 7.44. The molecule has 0 unspecified atom stereocenters. The smallest absolute Gasteiger partial charge is 0.213 e. The molecule has 2 heterocycles. The second kappa shape index (κ2) is 7.25. The number of anilines is 1. The summed E-state index contributed by atoms with van der Waals surface area (Å²) in [7, 11) is 0. The van der Waals surface area contributed by atoms with Gasteiger partial charge in [0.2, 0.25) is 11.0 Å². The summed E-state index contributed by atoms with van der Waals surface area (Å²) in [5.74, 6) is 0. The van der Waals surface area contributed by atoms with Gasteiger partial charge in [-0.3, -0.25) is 0 Å². The van der Waals surface area contributed by atoms with Crippen LogP contribution in [0.3, 0.4) is 0 Å². The summed E-state index contributed by atoms with van der Waals surface area (Å²) in [6, 6.07) is 26.7. The average Bonchev–Trinajstić information content (AvgIpc) is 2.78. The van der Waals surface area contributed by atoms with Crippen LogP contribution in [0, 0.1) is 0 Å². The van der Waals surface area contributed by atoms with Crippen LogP contribution in [0.4, 0.5) is 5.69 Å². The van der Waals surface area contributed by atoms with Crippen LogP contribution in [0.2, 0.25) is 0 Å². The maximum absolute atomic E-state index is 3.43. The molecule has 1 aliphatic heterocycles. The maximum Gasteiger partial charge on any atom is 0.213 e. The summed E-state index contributed by atoms with van der Waals surface area (Å²) in [6.45, 7) is 7.46. The minimum atomic E-state index is 0.962. The van der Waals surface area contributed by atoms with E-state index >= 15 is 0 Å². The molecule has 3 heteroatoms. The van der Waals surface area contributed by atoms with Gasteiger partial charge in [-0.25, -0.2) is 0 Å². The summed E-state index contributed by atoms with van der Waals surface area (Å²) < 4.78 is 2.42. The topological polar surface area (TPSA) is 19.1 Å². The number of rotatable bonds is 3. The molecule has 1 N–H and O–H groups in total. The normalized spacial score (nSPS) is 14.7. The molecule has 0 bridgehead atoms. The summed E-state index contributed by atoms with van der Waals surface area (Å²) >= 11 is 0. The lowest BCUT2D eigenvalue weighted by molar-refractivity contribution is -0.641. The first-order valence-corrected chi connectivity index (χ1v) is 10.3. The van der Waals surface area contributed by atoms with Crippen LogP contribution in [0.25, 0.3) is 32.9 Å². The van der Waals surface area contributed by atoms with Gasteiger partial charge >= 0.3 is 0 Å². The molecule has 0 radical (unpaired) electrons. The fourth-order valence-electron chi connectivity index (χ4n) is 4.53. The number of aryl methyl sites for hydroxylation is 1. The number of nitrogens with one attached hydrogen (secondary N) is 1. The minimum absolute atomic E-state index is 0.962. The van der Waals surface area contributed by atoms with Crippen molar-refractivity contribution in [2.45, 2.75) is 13.5 Å². The zero-order valence-electron chi connectivity index (χ0n) is 16.4. The van der Waals surface area contributed by atoms with Crippen molar-refractivity contribution in [3.63, 3.8) is 0 Å². The fourth-order valence-corrected chi connectivity index (χ4v) is 4.53. The average molecular weight is 369 g/mol. The molecule has 28 heavy (non-hydrogen) atoms. The molecule has 4 aromatic rings. The number of aromatic nitrogens is 1. The monoisotopic (exact) mass is 368 g/mol. The van der Waals surface area contributed by atoms with Crippen molar-refractivity contribution < 1.29 is 4.57 Å². The predicted molar refractivity (Wildman–Crippen MR) is 118 cm³/mol. The van der Waals surface area contributed by atoms with E-state index in [9.17, 15) is 0 Å². The lowest BCUT2D eigenvalue weighted by Crippen LogP contribution is -2.43. The van der Waals surface area contributed by atoms with E-state index in [4.69, 9.17) is 0 Å².